The van der Waals surface area contributed by atoms with E-state index in [0.29, 0.717) is 11.7 Å². The molecule has 0 aliphatic heterocycles. The second kappa shape index (κ2) is 6.15. The van der Waals surface area contributed by atoms with E-state index in [4.69, 9.17) is 9.47 Å². The minimum absolute atomic E-state index is 0.0123. The van der Waals surface area contributed by atoms with Gasteiger partial charge in [-0.3, -0.25) is 5.32 Å². The fourth-order valence-corrected chi connectivity index (χ4v) is 2.06. The SMILES string of the molecule is CCOC(C)c1cnc(NC(=O)OC(C)(C)C)s1. The number of anilines is 1. The Balaban J connectivity index is 2.56. The third-order valence-corrected chi connectivity index (χ3v) is 3.02. The van der Waals surface area contributed by atoms with E-state index < -0.39 is 11.7 Å². The molecule has 1 N–H and O–H groups in total. The Labute approximate surface area is 112 Å². The molecule has 0 bridgehead atoms. The van der Waals surface area contributed by atoms with Crippen LogP contribution in [0.15, 0.2) is 6.20 Å². The molecule has 1 aromatic rings. The number of nitrogens with zero attached hydrogens (tertiary/aromatic N) is 1. The van der Waals surface area contributed by atoms with E-state index in [9.17, 15) is 4.79 Å². The quantitative estimate of drug-likeness (QED) is 0.910. The molecule has 1 heterocycles. The highest BCUT2D eigenvalue weighted by Crippen LogP contribution is 2.26. The van der Waals surface area contributed by atoms with Gasteiger partial charge in [0.25, 0.3) is 0 Å². The molecule has 1 amide bonds. The number of ether oxygens (including phenoxy) is 2. The molecule has 6 heteroatoms. The van der Waals surface area contributed by atoms with E-state index in [1.54, 1.807) is 6.20 Å². The molecule has 18 heavy (non-hydrogen) atoms. The van der Waals surface area contributed by atoms with Crippen molar-refractivity contribution in [3.63, 3.8) is 0 Å². The van der Waals surface area contributed by atoms with Gasteiger partial charge in [-0.1, -0.05) is 11.3 Å². The highest BCUT2D eigenvalue weighted by molar-refractivity contribution is 7.15. The summed E-state index contributed by atoms with van der Waals surface area (Å²) in [5.41, 5.74) is -0.511. The van der Waals surface area contributed by atoms with Gasteiger partial charge in [-0.25, -0.2) is 9.78 Å². The summed E-state index contributed by atoms with van der Waals surface area (Å²) in [7, 11) is 0. The van der Waals surface area contributed by atoms with Gasteiger partial charge in [-0.2, -0.15) is 0 Å². The number of hydrogen-bond donors (Lipinski definition) is 1. The average Bonchev–Trinajstić information content (AvgIpc) is 2.63. The van der Waals surface area contributed by atoms with Crippen molar-refractivity contribution >= 4 is 22.6 Å². The van der Waals surface area contributed by atoms with Crippen molar-refractivity contribution in [2.45, 2.75) is 46.3 Å². The Morgan fingerprint density at radius 2 is 2.22 bits per heavy atom. The Morgan fingerprint density at radius 3 is 2.78 bits per heavy atom. The topological polar surface area (TPSA) is 60.5 Å². The van der Waals surface area contributed by atoms with Crippen molar-refractivity contribution in [3.8, 4) is 0 Å². The number of nitrogens with one attached hydrogen (secondary N) is 1. The first-order chi connectivity index (χ1) is 8.31. The zero-order chi connectivity index (χ0) is 13.8. The van der Waals surface area contributed by atoms with Crippen molar-refractivity contribution in [3.05, 3.63) is 11.1 Å². The van der Waals surface area contributed by atoms with Gasteiger partial charge in [0.05, 0.1) is 11.0 Å². The second-order valence-corrected chi connectivity index (χ2v) is 5.85. The fraction of sp³-hybridized carbons (Fsp3) is 0.667. The standard InChI is InChI=1S/C12H20N2O3S/c1-6-16-8(2)9-7-13-10(18-9)14-11(15)17-12(3,4)5/h7-8H,6H2,1-5H3,(H,13,14,15). The van der Waals surface area contributed by atoms with Crippen LogP contribution in [0.3, 0.4) is 0 Å². The van der Waals surface area contributed by atoms with Crippen molar-refractivity contribution < 1.29 is 14.3 Å². The number of thiazole rings is 1. The predicted molar refractivity (Wildman–Crippen MR) is 72.0 cm³/mol. The van der Waals surface area contributed by atoms with Crippen LogP contribution in [0, 0.1) is 0 Å². The molecule has 5 nitrogen and oxygen atoms in total. The molecule has 1 atom stereocenters. The Hall–Kier alpha value is -1.14. The molecule has 0 fully saturated rings. The van der Waals surface area contributed by atoms with Gasteiger partial charge < -0.3 is 9.47 Å². The smallest absolute Gasteiger partial charge is 0.413 e. The monoisotopic (exact) mass is 272 g/mol. The minimum Gasteiger partial charge on any atom is -0.444 e. The molecule has 1 rings (SSSR count). The summed E-state index contributed by atoms with van der Waals surface area (Å²) in [6, 6.07) is 0. The summed E-state index contributed by atoms with van der Waals surface area (Å²) in [5, 5.41) is 3.13. The van der Waals surface area contributed by atoms with E-state index in [1.807, 2.05) is 34.6 Å². The van der Waals surface area contributed by atoms with Gasteiger partial charge in [-0.15, -0.1) is 0 Å². The largest absolute Gasteiger partial charge is 0.444 e. The van der Waals surface area contributed by atoms with Gasteiger partial charge in [-0.05, 0) is 34.6 Å². The molecular weight excluding hydrogens is 252 g/mol. The first kappa shape index (κ1) is 14.9. The lowest BCUT2D eigenvalue weighted by molar-refractivity contribution is 0.0636. The van der Waals surface area contributed by atoms with E-state index >= 15 is 0 Å². The number of carbonyl (C=O) groups excluding carboxylic acids is 1. The van der Waals surface area contributed by atoms with Crippen LogP contribution in [0.5, 0.6) is 0 Å². The zero-order valence-corrected chi connectivity index (χ0v) is 12.3. The Morgan fingerprint density at radius 1 is 1.56 bits per heavy atom. The van der Waals surface area contributed by atoms with E-state index in [0.717, 1.165) is 4.88 Å². The molecule has 1 aromatic heterocycles. The summed E-state index contributed by atoms with van der Waals surface area (Å²) < 4.78 is 10.6. The maximum absolute atomic E-state index is 11.5. The second-order valence-electron chi connectivity index (χ2n) is 4.79. The van der Waals surface area contributed by atoms with Crippen LogP contribution in [0.25, 0.3) is 0 Å². The van der Waals surface area contributed by atoms with Crippen LogP contribution in [0.1, 0.15) is 45.6 Å². The molecule has 0 radical (unpaired) electrons. The van der Waals surface area contributed by atoms with E-state index in [1.165, 1.54) is 11.3 Å². The highest BCUT2D eigenvalue weighted by atomic mass is 32.1. The summed E-state index contributed by atoms with van der Waals surface area (Å²) in [4.78, 5) is 16.6. The molecule has 0 saturated carbocycles. The van der Waals surface area contributed by atoms with Crippen LogP contribution in [-0.2, 0) is 9.47 Å². The summed E-state index contributed by atoms with van der Waals surface area (Å²) in [5.74, 6) is 0. The Kier molecular flexibility index (Phi) is 5.10. The van der Waals surface area contributed by atoms with Crippen LogP contribution >= 0.6 is 11.3 Å². The van der Waals surface area contributed by atoms with Crippen molar-refractivity contribution in [2.24, 2.45) is 0 Å². The predicted octanol–water partition coefficient (Wildman–Crippen LogP) is 3.59. The molecule has 0 saturated heterocycles. The minimum atomic E-state index is -0.511. The van der Waals surface area contributed by atoms with Crippen molar-refractivity contribution in [1.82, 2.24) is 4.98 Å². The first-order valence-electron chi connectivity index (χ1n) is 5.89. The van der Waals surface area contributed by atoms with Crippen molar-refractivity contribution in [1.29, 1.82) is 0 Å². The number of aromatic nitrogens is 1. The number of amides is 1. The summed E-state index contributed by atoms with van der Waals surface area (Å²) in [6.45, 7) is 9.99. The summed E-state index contributed by atoms with van der Waals surface area (Å²) in [6.07, 6.45) is 1.20. The van der Waals surface area contributed by atoms with Crippen LogP contribution in [0.4, 0.5) is 9.93 Å². The average molecular weight is 272 g/mol. The number of carbonyl (C=O) groups is 1. The van der Waals surface area contributed by atoms with Gasteiger partial charge in [0.2, 0.25) is 0 Å². The lowest BCUT2D eigenvalue weighted by atomic mass is 10.2. The van der Waals surface area contributed by atoms with Crippen LogP contribution < -0.4 is 5.32 Å². The van der Waals surface area contributed by atoms with Gasteiger partial charge in [0.15, 0.2) is 5.13 Å². The molecule has 0 aromatic carbocycles. The normalized spacial score (nSPS) is 13.2. The third kappa shape index (κ3) is 5.01. The number of rotatable bonds is 4. The number of hydrogen-bond acceptors (Lipinski definition) is 5. The molecule has 1 unspecified atom stereocenters. The lowest BCUT2D eigenvalue weighted by Gasteiger charge is -2.18. The molecule has 0 aliphatic rings. The Bertz CT molecular complexity index is 398. The maximum atomic E-state index is 11.5. The molecule has 0 spiro atoms. The van der Waals surface area contributed by atoms with Crippen molar-refractivity contribution in [2.75, 3.05) is 11.9 Å². The molecular formula is C12H20N2O3S. The van der Waals surface area contributed by atoms with Crippen LogP contribution in [0.2, 0.25) is 0 Å². The lowest BCUT2D eigenvalue weighted by Crippen LogP contribution is -2.27. The highest BCUT2D eigenvalue weighted by Gasteiger charge is 2.18. The maximum Gasteiger partial charge on any atom is 0.413 e. The zero-order valence-electron chi connectivity index (χ0n) is 11.4. The van der Waals surface area contributed by atoms with E-state index in [2.05, 4.69) is 10.3 Å². The van der Waals surface area contributed by atoms with Crippen LogP contribution in [-0.4, -0.2) is 23.3 Å². The fourth-order valence-electron chi connectivity index (χ4n) is 1.26. The van der Waals surface area contributed by atoms with E-state index in [-0.39, 0.29) is 6.10 Å². The molecule has 102 valence electrons. The van der Waals surface area contributed by atoms with Gasteiger partial charge >= 0.3 is 6.09 Å². The first-order valence-corrected chi connectivity index (χ1v) is 6.71. The summed E-state index contributed by atoms with van der Waals surface area (Å²) >= 11 is 1.39. The third-order valence-electron chi connectivity index (χ3n) is 1.95. The molecule has 0 aliphatic carbocycles. The van der Waals surface area contributed by atoms with Gasteiger partial charge in [0.1, 0.15) is 5.60 Å². The van der Waals surface area contributed by atoms with Gasteiger partial charge in [0, 0.05) is 12.8 Å².